The lowest BCUT2D eigenvalue weighted by Crippen LogP contribution is -2.40. The molecule has 0 unspecified atom stereocenters. The van der Waals surface area contributed by atoms with Crippen molar-refractivity contribution in [2.45, 2.75) is 32.8 Å². The molecular weight excluding hydrogens is 271 g/mol. The molecule has 4 nitrogen and oxygen atoms in total. The minimum atomic E-state index is -0.939. The smallest absolute Gasteiger partial charge is 0.226 e. The number of H-pyrrole nitrogens is 1. The second-order valence-electron chi connectivity index (χ2n) is 6.16. The number of aromatic nitrogens is 1. The van der Waals surface area contributed by atoms with Crippen LogP contribution in [0.25, 0.3) is 10.9 Å². The molecular formula is C16H21FN2O2. The van der Waals surface area contributed by atoms with Crippen molar-refractivity contribution >= 4 is 16.8 Å². The highest BCUT2D eigenvalue weighted by atomic mass is 19.1. The van der Waals surface area contributed by atoms with Gasteiger partial charge in [-0.1, -0.05) is 0 Å². The first kappa shape index (κ1) is 15.5. The van der Waals surface area contributed by atoms with Gasteiger partial charge in [-0.25, -0.2) is 4.39 Å². The molecule has 0 aliphatic heterocycles. The van der Waals surface area contributed by atoms with Gasteiger partial charge in [-0.2, -0.15) is 0 Å². The van der Waals surface area contributed by atoms with Crippen LogP contribution in [0.1, 0.15) is 25.1 Å². The van der Waals surface area contributed by atoms with Crippen LogP contribution in [0.3, 0.4) is 0 Å². The van der Waals surface area contributed by atoms with Crippen LogP contribution in [0.5, 0.6) is 0 Å². The van der Waals surface area contributed by atoms with Gasteiger partial charge in [0.15, 0.2) is 0 Å². The van der Waals surface area contributed by atoms with Crippen molar-refractivity contribution in [2.24, 2.45) is 0 Å². The van der Waals surface area contributed by atoms with Crippen LogP contribution in [0.4, 0.5) is 4.39 Å². The molecule has 1 aromatic carbocycles. The van der Waals surface area contributed by atoms with Gasteiger partial charge in [0.1, 0.15) is 5.82 Å². The number of nitrogens with zero attached hydrogens (tertiary/aromatic N) is 1. The third-order valence-corrected chi connectivity index (χ3v) is 3.46. The van der Waals surface area contributed by atoms with Crippen LogP contribution in [0, 0.1) is 12.7 Å². The number of halogens is 1. The van der Waals surface area contributed by atoms with E-state index in [-0.39, 0.29) is 24.7 Å². The van der Waals surface area contributed by atoms with E-state index in [0.29, 0.717) is 0 Å². The van der Waals surface area contributed by atoms with Crippen molar-refractivity contribution in [1.82, 2.24) is 9.88 Å². The molecule has 0 aliphatic carbocycles. The first-order valence-corrected chi connectivity index (χ1v) is 6.90. The Balaban J connectivity index is 2.25. The van der Waals surface area contributed by atoms with Crippen LogP contribution in [0.15, 0.2) is 18.2 Å². The third-order valence-electron chi connectivity index (χ3n) is 3.46. The summed E-state index contributed by atoms with van der Waals surface area (Å²) >= 11 is 0. The molecule has 0 atom stereocenters. The zero-order valence-electron chi connectivity index (χ0n) is 12.8. The molecule has 2 rings (SSSR count). The van der Waals surface area contributed by atoms with E-state index in [9.17, 15) is 14.3 Å². The Morgan fingerprint density at radius 3 is 2.71 bits per heavy atom. The molecule has 2 N–H and O–H groups in total. The van der Waals surface area contributed by atoms with Crippen molar-refractivity contribution < 1.29 is 14.3 Å². The van der Waals surface area contributed by atoms with Gasteiger partial charge in [-0.05, 0) is 44.5 Å². The summed E-state index contributed by atoms with van der Waals surface area (Å²) in [5, 5.41) is 10.5. The van der Waals surface area contributed by atoms with E-state index in [1.165, 1.54) is 17.0 Å². The van der Waals surface area contributed by atoms with Gasteiger partial charge in [0.2, 0.25) is 5.91 Å². The first-order chi connectivity index (χ1) is 9.67. The van der Waals surface area contributed by atoms with Crippen LogP contribution in [-0.4, -0.2) is 40.1 Å². The molecule has 1 heterocycles. The lowest BCUT2D eigenvalue weighted by molar-refractivity contribution is -0.131. The van der Waals surface area contributed by atoms with Gasteiger partial charge in [0.05, 0.1) is 12.0 Å². The minimum absolute atomic E-state index is 0.106. The lowest BCUT2D eigenvalue weighted by atomic mass is 10.1. The summed E-state index contributed by atoms with van der Waals surface area (Å²) in [6, 6.07) is 4.51. The standard InChI is InChI=1S/C16H21FN2O2/c1-10-12(8-15(20)19(4)9-16(2,3)21)13-7-11(17)5-6-14(13)18-10/h5-7,18,21H,8-9H2,1-4H3. The Labute approximate surface area is 123 Å². The van der Waals surface area contributed by atoms with Crippen molar-refractivity contribution in [3.63, 3.8) is 0 Å². The predicted molar refractivity (Wildman–Crippen MR) is 80.6 cm³/mol. The number of carbonyl (C=O) groups is 1. The van der Waals surface area contributed by atoms with Gasteiger partial charge in [0.25, 0.3) is 0 Å². The molecule has 1 amide bonds. The highest BCUT2D eigenvalue weighted by molar-refractivity contribution is 5.90. The lowest BCUT2D eigenvalue weighted by Gasteiger charge is -2.25. The Hall–Kier alpha value is -1.88. The van der Waals surface area contributed by atoms with E-state index < -0.39 is 5.60 Å². The predicted octanol–water partition coefficient (Wildman–Crippen LogP) is 2.39. The minimum Gasteiger partial charge on any atom is -0.389 e. The molecule has 0 spiro atoms. The van der Waals surface area contributed by atoms with E-state index in [2.05, 4.69) is 4.98 Å². The van der Waals surface area contributed by atoms with Gasteiger partial charge in [-0.15, -0.1) is 0 Å². The number of likely N-dealkylation sites (N-methyl/N-ethyl adjacent to an activating group) is 1. The number of amides is 1. The molecule has 114 valence electrons. The molecule has 5 heteroatoms. The number of carbonyl (C=O) groups excluding carboxylic acids is 1. The number of nitrogens with one attached hydrogen (secondary N) is 1. The Kier molecular flexibility index (Phi) is 4.05. The van der Waals surface area contributed by atoms with Crippen LogP contribution >= 0.6 is 0 Å². The second kappa shape index (κ2) is 5.48. The van der Waals surface area contributed by atoms with Crippen molar-refractivity contribution in [2.75, 3.05) is 13.6 Å². The second-order valence-corrected chi connectivity index (χ2v) is 6.16. The number of aromatic amines is 1. The molecule has 0 saturated heterocycles. The summed E-state index contributed by atoms with van der Waals surface area (Å²) in [5.41, 5.74) is 1.55. The van der Waals surface area contributed by atoms with E-state index in [1.807, 2.05) is 6.92 Å². The highest BCUT2D eigenvalue weighted by Gasteiger charge is 2.21. The quantitative estimate of drug-likeness (QED) is 0.909. The van der Waals surface area contributed by atoms with E-state index in [4.69, 9.17) is 0 Å². The summed E-state index contributed by atoms with van der Waals surface area (Å²) < 4.78 is 13.4. The van der Waals surface area contributed by atoms with Crippen LogP contribution in [0.2, 0.25) is 0 Å². The number of aryl methyl sites for hydroxylation is 1. The highest BCUT2D eigenvalue weighted by Crippen LogP contribution is 2.24. The summed E-state index contributed by atoms with van der Waals surface area (Å²) in [6.45, 7) is 5.43. The molecule has 2 aromatic rings. The Morgan fingerprint density at radius 1 is 1.43 bits per heavy atom. The largest absolute Gasteiger partial charge is 0.389 e. The molecule has 0 fully saturated rings. The average molecular weight is 292 g/mol. The maximum Gasteiger partial charge on any atom is 0.226 e. The van der Waals surface area contributed by atoms with Gasteiger partial charge in [0, 0.05) is 30.2 Å². The summed E-state index contributed by atoms with van der Waals surface area (Å²) in [5.74, 6) is -0.426. The number of hydrogen-bond acceptors (Lipinski definition) is 2. The van der Waals surface area contributed by atoms with Gasteiger partial charge >= 0.3 is 0 Å². The number of fused-ring (bicyclic) bond motifs is 1. The molecule has 0 bridgehead atoms. The van der Waals surface area contributed by atoms with Crippen molar-refractivity contribution in [3.8, 4) is 0 Å². The fourth-order valence-corrected chi connectivity index (χ4v) is 2.54. The topological polar surface area (TPSA) is 56.3 Å². The maximum atomic E-state index is 13.4. The summed E-state index contributed by atoms with van der Waals surface area (Å²) in [6.07, 6.45) is 0.182. The summed E-state index contributed by atoms with van der Waals surface area (Å²) in [7, 11) is 1.66. The number of benzene rings is 1. The van der Waals surface area contributed by atoms with E-state index >= 15 is 0 Å². The molecule has 0 aliphatic rings. The van der Waals surface area contributed by atoms with Crippen LogP contribution < -0.4 is 0 Å². The van der Waals surface area contributed by atoms with Crippen LogP contribution in [-0.2, 0) is 11.2 Å². The monoisotopic (exact) mass is 292 g/mol. The molecule has 1 aromatic heterocycles. The molecule has 0 saturated carbocycles. The SMILES string of the molecule is Cc1[nH]c2ccc(F)cc2c1CC(=O)N(C)CC(C)(C)O. The van der Waals surface area contributed by atoms with Crippen molar-refractivity contribution in [1.29, 1.82) is 0 Å². The first-order valence-electron chi connectivity index (χ1n) is 6.90. The molecule has 21 heavy (non-hydrogen) atoms. The number of aliphatic hydroxyl groups is 1. The van der Waals surface area contributed by atoms with E-state index in [1.54, 1.807) is 27.0 Å². The van der Waals surface area contributed by atoms with Gasteiger partial charge < -0.3 is 15.0 Å². The van der Waals surface area contributed by atoms with E-state index in [0.717, 1.165) is 22.2 Å². The van der Waals surface area contributed by atoms with Gasteiger partial charge in [-0.3, -0.25) is 4.79 Å². The zero-order chi connectivity index (χ0) is 15.8. The number of rotatable bonds is 4. The summed E-state index contributed by atoms with van der Waals surface area (Å²) in [4.78, 5) is 16.9. The zero-order valence-corrected chi connectivity index (χ0v) is 12.8. The number of hydrogen-bond donors (Lipinski definition) is 2. The normalized spacial score (nSPS) is 11.9. The average Bonchev–Trinajstić information content (AvgIpc) is 2.64. The fourth-order valence-electron chi connectivity index (χ4n) is 2.54. The molecule has 0 radical (unpaired) electrons. The Bertz CT molecular complexity index is 671. The van der Waals surface area contributed by atoms with Crippen molar-refractivity contribution in [3.05, 3.63) is 35.3 Å². The Morgan fingerprint density at radius 2 is 2.10 bits per heavy atom. The third kappa shape index (κ3) is 3.61. The maximum absolute atomic E-state index is 13.4. The fraction of sp³-hybridized carbons (Fsp3) is 0.438.